The summed E-state index contributed by atoms with van der Waals surface area (Å²) in [4.78, 5) is 15.6. The average Bonchev–Trinajstić information content (AvgIpc) is 2.47. The molecule has 2 fully saturated rings. The van der Waals surface area contributed by atoms with Gasteiger partial charge in [-0.3, -0.25) is 9.69 Å². The van der Waals surface area contributed by atoms with Gasteiger partial charge < -0.3 is 14.4 Å². The van der Waals surface area contributed by atoms with E-state index in [4.69, 9.17) is 9.47 Å². The standard InChI is InChI=1S/C16H28N2O3/c1-4-8-18-9-6-14-16(12-18,7-5-10-21-14)13-20-11-15(19)17(2)3/h4,14H,1,5-13H2,2-3H3/t14-,16+/m0/s1. The van der Waals surface area contributed by atoms with Crippen LogP contribution in [0.4, 0.5) is 0 Å². The fourth-order valence-corrected chi connectivity index (χ4v) is 3.40. The Labute approximate surface area is 127 Å². The van der Waals surface area contributed by atoms with Gasteiger partial charge in [-0.1, -0.05) is 6.08 Å². The van der Waals surface area contributed by atoms with Gasteiger partial charge in [0.25, 0.3) is 0 Å². The number of carbonyl (C=O) groups is 1. The predicted octanol–water partition coefficient (Wildman–Crippen LogP) is 1.15. The second kappa shape index (κ2) is 7.38. The molecule has 5 nitrogen and oxygen atoms in total. The summed E-state index contributed by atoms with van der Waals surface area (Å²) in [6.07, 6.45) is 5.44. The van der Waals surface area contributed by atoms with Crippen molar-refractivity contribution in [3.8, 4) is 0 Å². The van der Waals surface area contributed by atoms with Crippen LogP contribution < -0.4 is 0 Å². The van der Waals surface area contributed by atoms with Gasteiger partial charge in [0.1, 0.15) is 6.61 Å². The van der Waals surface area contributed by atoms with Crippen LogP contribution in [0.15, 0.2) is 12.7 Å². The highest BCUT2D eigenvalue weighted by Crippen LogP contribution is 2.40. The maximum atomic E-state index is 11.7. The van der Waals surface area contributed by atoms with E-state index in [-0.39, 0.29) is 24.0 Å². The number of amides is 1. The second-order valence-corrected chi connectivity index (χ2v) is 6.42. The summed E-state index contributed by atoms with van der Waals surface area (Å²) in [6.45, 7) is 8.37. The number of ether oxygens (including phenoxy) is 2. The van der Waals surface area contributed by atoms with Crippen molar-refractivity contribution in [3.05, 3.63) is 12.7 Å². The minimum absolute atomic E-state index is 0.0124. The zero-order valence-corrected chi connectivity index (χ0v) is 13.3. The first-order chi connectivity index (χ1) is 10.1. The molecule has 0 N–H and O–H groups in total. The highest BCUT2D eigenvalue weighted by atomic mass is 16.5. The molecule has 2 aliphatic heterocycles. The molecular weight excluding hydrogens is 268 g/mol. The fraction of sp³-hybridized carbons (Fsp3) is 0.812. The van der Waals surface area contributed by atoms with E-state index in [1.54, 1.807) is 19.0 Å². The molecule has 2 saturated heterocycles. The second-order valence-electron chi connectivity index (χ2n) is 6.42. The molecule has 0 bridgehead atoms. The van der Waals surface area contributed by atoms with Crippen LogP contribution in [0.3, 0.4) is 0 Å². The summed E-state index contributed by atoms with van der Waals surface area (Å²) < 4.78 is 11.7. The lowest BCUT2D eigenvalue weighted by Crippen LogP contribution is -2.57. The Balaban J connectivity index is 1.95. The Bertz CT molecular complexity index is 373. The molecule has 2 atom stereocenters. The van der Waals surface area contributed by atoms with E-state index < -0.39 is 0 Å². The number of hydrogen-bond acceptors (Lipinski definition) is 4. The molecule has 0 spiro atoms. The molecule has 0 aromatic heterocycles. The normalized spacial score (nSPS) is 29.7. The van der Waals surface area contributed by atoms with Gasteiger partial charge in [-0.15, -0.1) is 6.58 Å². The van der Waals surface area contributed by atoms with E-state index >= 15 is 0 Å². The van der Waals surface area contributed by atoms with Gasteiger partial charge >= 0.3 is 0 Å². The van der Waals surface area contributed by atoms with Crippen molar-refractivity contribution in [1.82, 2.24) is 9.80 Å². The number of fused-ring (bicyclic) bond motifs is 1. The largest absolute Gasteiger partial charge is 0.377 e. The van der Waals surface area contributed by atoms with Crippen LogP contribution in [0.5, 0.6) is 0 Å². The van der Waals surface area contributed by atoms with Crippen molar-refractivity contribution in [2.45, 2.75) is 25.4 Å². The molecule has 0 aromatic carbocycles. The van der Waals surface area contributed by atoms with E-state index in [1.165, 1.54) is 0 Å². The monoisotopic (exact) mass is 296 g/mol. The van der Waals surface area contributed by atoms with E-state index in [1.807, 2.05) is 6.08 Å². The lowest BCUT2D eigenvalue weighted by atomic mass is 9.73. The SMILES string of the molecule is C=CCN1CC[C@@H]2OCCC[C@]2(COCC(=O)N(C)C)C1. The first-order valence-electron chi connectivity index (χ1n) is 7.80. The first-order valence-corrected chi connectivity index (χ1v) is 7.80. The lowest BCUT2D eigenvalue weighted by Gasteiger charge is -2.50. The van der Waals surface area contributed by atoms with Crippen molar-refractivity contribution in [1.29, 1.82) is 0 Å². The minimum Gasteiger partial charge on any atom is -0.377 e. The number of likely N-dealkylation sites (N-methyl/N-ethyl adjacent to an activating group) is 1. The lowest BCUT2D eigenvalue weighted by molar-refractivity contribution is -0.158. The summed E-state index contributed by atoms with van der Waals surface area (Å²) in [6, 6.07) is 0. The van der Waals surface area contributed by atoms with Crippen LogP contribution in [0.2, 0.25) is 0 Å². The molecular formula is C16H28N2O3. The molecule has 0 saturated carbocycles. The third-order valence-electron chi connectivity index (χ3n) is 4.57. The summed E-state index contributed by atoms with van der Waals surface area (Å²) >= 11 is 0. The van der Waals surface area contributed by atoms with Crippen molar-refractivity contribution in [3.63, 3.8) is 0 Å². The smallest absolute Gasteiger partial charge is 0.248 e. The number of rotatable bonds is 6. The molecule has 0 unspecified atom stereocenters. The Morgan fingerprint density at radius 1 is 1.57 bits per heavy atom. The molecule has 0 aromatic rings. The third kappa shape index (κ3) is 4.05. The predicted molar refractivity (Wildman–Crippen MR) is 82.2 cm³/mol. The Kier molecular flexibility index (Phi) is 5.79. The zero-order chi connectivity index (χ0) is 15.3. The Hall–Kier alpha value is -0.910. The molecule has 2 heterocycles. The molecule has 5 heteroatoms. The number of piperidine rings is 1. The first kappa shape index (κ1) is 16.5. The van der Waals surface area contributed by atoms with Crippen LogP contribution >= 0.6 is 0 Å². The van der Waals surface area contributed by atoms with Gasteiger partial charge in [0.15, 0.2) is 0 Å². The van der Waals surface area contributed by atoms with Crippen LogP contribution in [-0.4, -0.2) is 75.4 Å². The molecule has 2 aliphatic rings. The van der Waals surface area contributed by atoms with E-state index in [0.29, 0.717) is 6.61 Å². The van der Waals surface area contributed by atoms with E-state index in [9.17, 15) is 4.79 Å². The van der Waals surface area contributed by atoms with Gasteiger partial charge in [0.2, 0.25) is 5.91 Å². The average molecular weight is 296 g/mol. The minimum atomic E-state index is 0.0124. The zero-order valence-electron chi connectivity index (χ0n) is 13.3. The number of carbonyl (C=O) groups excluding carboxylic acids is 1. The molecule has 1 amide bonds. The van der Waals surface area contributed by atoms with Crippen LogP contribution in [-0.2, 0) is 14.3 Å². The summed E-state index contributed by atoms with van der Waals surface area (Å²) in [5, 5.41) is 0. The highest BCUT2D eigenvalue weighted by Gasteiger charge is 2.45. The highest BCUT2D eigenvalue weighted by molar-refractivity contribution is 5.76. The molecule has 0 aliphatic carbocycles. The van der Waals surface area contributed by atoms with E-state index in [0.717, 1.165) is 45.5 Å². The fourth-order valence-electron chi connectivity index (χ4n) is 3.40. The maximum absolute atomic E-state index is 11.7. The van der Waals surface area contributed by atoms with Gasteiger partial charge in [-0.25, -0.2) is 0 Å². The van der Waals surface area contributed by atoms with Crippen LogP contribution in [0, 0.1) is 5.41 Å². The summed E-state index contributed by atoms with van der Waals surface area (Å²) in [5.74, 6) is 0.0124. The number of nitrogens with zero attached hydrogens (tertiary/aromatic N) is 2. The molecule has 2 rings (SSSR count). The topological polar surface area (TPSA) is 42.0 Å². The van der Waals surface area contributed by atoms with Gasteiger partial charge in [0, 0.05) is 45.8 Å². The van der Waals surface area contributed by atoms with Crippen LogP contribution in [0.1, 0.15) is 19.3 Å². The van der Waals surface area contributed by atoms with Gasteiger partial charge in [0.05, 0.1) is 12.7 Å². The molecule has 0 radical (unpaired) electrons. The number of likely N-dealkylation sites (tertiary alicyclic amines) is 1. The summed E-state index contributed by atoms with van der Waals surface area (Å²) in [7, 11) is 3.51. The van der Waals surface area contributed by atoms with Crippen molar-refractivity contribution in [2.75, 3.05) is 53.6 Å². The number of hydrogen-bond donors (Lipinski definition) is 0. The van der Waals surface area contributed by atoms with Gasteiger partial charge in [-0.05, 0) is 19.3 Å². The molecule has 120 valence electrons. The Morgan fingerprint density at radius 3 is 3.10 bits per heavy atom. The third-order valence-corrected chi connectivity index (χ3v) is 4.57. The maximum Gasteiger partial charge on any atom is 0.248 e. The molecule has 21 heavy (non-hydrogen) atoms. The van der Waals surface area contributed by atoms with E-state index in [2.05, 4.69) is 11.5 Å². The van der Waals surface area contributed by atoms with Crippen molar-refractivity contribution < 1.29 is 14.3 Å². The Morgan fingerprint density at radius 2 is 2.38 bits per heavy atom. The van der Waals surface area contributed by atoms with Gasteiger partial charge in [-0.2, -0.15) is 0 Å². The van der Waals surface area contributed by atoms with Crippen molar-refractivity contribution in [2.24, 2.45) is 5.41 Å². The van der Waals surface area contributed by atoms with Crippen LogP contribution in [0.25, 0.3) is 0 Å². The summed E-state index contributed by atoms with van der Waals surface area (Å²) in [5.41, 5.74) is 0.0338. The van der Waals surface area contributed by atoms with Crippen molar-refractivity contribution >= 4 is 5.91 Å². The quantitative estimate of drug-likeness (QED) is 0.690.